The highest BCUT2D eigenvalue weighted by Crippen LogP contribution is 2.21. The lowest BCUT2D eigenvalue weighted by Gasteiger charge is -2.05. The summed E-state index contributed by atoms with van der Waals surface area (Å²) in [7, 11) is 0. The van der Waals surface area contributed by atoms with Crippen LogP contribution in [0.1, 0.15) is 17.0 Å². The molecule has 5 rings (SSSR count). The van der Waals surface area contributed by atoms with Crippen LogP contribution < -0.4 is 0 Å². The SMILES string of the molecule is N#Cc1cccc(-c2ccc3nnc(Cc4cccc(-c5ncc(Br)cn5)c4)n3n2)c1. The third kappa shape index (κ3) is 3.91. The van der Waals surface area contributed by atoms with Gasteiger partial charge in [-0.1, -0.05) is 30.3 Å². The van der Waals surface area contributed by atoms with Gasteiger partial charge >= 0.3 is 0 Å². The lowest BCUT2D eigenvalue weighted by atomic mass is 10.1. The largest absolute Gasteiger partial charge is 0.235 e. The lowest BCUT2D eigenvalue weighted by Crippen LogP contribution is -2.02. The number of fused-ring (bicyclic) bond motifs is 1. The molecule has 0 N–H and O–H groups in total. The normalized spacial score (nSPS) is 10.8. The second-order valence-electron chi connectivity index (χ2n) is 6.90. The van der Waals surface area contributed by atoms with Gasteiger partial charge in [0.1, 0.15) is 0 Å². The van der Waals surface area contributed by atoms with E-state index in [1.54, 1.807) is 23.0 Å². The Labute approximate surface area is 186 Å². The van der Waals surface area contributed by atoms with Crippen LogP contribution in [0.5, 0.6) is 0 Å². The molecule has 2 aromatic carbocycles. The Morgan fingerprint density at radius 2 is 1.71 bits per heavy atom. The van der Waals surface area contributed by atoms with Crippen LogP contribution >= 0.6 is 15.9 Å². The number of rotatable bonds is 4. The van der Waals surface area contributed by atoms with Gasteiger partial charge in [-0.15, -0.1) is 10.2 Å². The van der Waals surface area contributed by atoms with Crippen LogP contribution in [-0.4, -0.2) is 29.8 Å². The number of hydrogen-bond acceptors (Lipinski definition) is 6. The molecule has 0 amide bonds. The van der Waals surface area contributed by atoms with Crippen molar-refractivity contribution in [2.24, 2.45) is 0 Å². The van der Waals surface area contributed by atoms with E-state index in [-0.39, 0.29) is 0 Å². The van der Waals surface area contributed by atoms with E-state index in [0.717, 1.165) is 32.7 Å². The molecule has 0 aliphatic heterocycles. The van der Waals surface area contributed by atoms with Crippen LogP contribution in [0.25, 0.3) is 28.3 Å². The molecule has 3 aromatic heterocycles. The van der Waals surface area contributed by atoms with Gasteiger partial charge in [0.2, 0.25) is 0 Å². The summed E-state index contributed by atoms with van der Waals surface area (Å²) in [4.78, 5) is 8.74. The average molecular weight is 468 g/mol. The Bertz CT molecular complexity index is 1430. The molecule has 0 unspecified atom stereocenters. The fourth-order valence-electron chi connectivity index (χ4n) is 3.31. The van der Waals surface area contributed by atoms with Crippen LogP contribution in [-0.2, 0) is 6.42 Å². The molecule has 3 heterocycles. The maximum atomic E-state index is 9.17. The zero-order valence-corrected chi connectivity index (χ0v) is 17.7. The predicted octanol–water partition coefficient (Wildman–Crippen LogP) is 4.47. The van der Waals surface area contributed by atoms with Crippen LogP contribution in [0.3, 0.4) is 0 Å². The second-order valence-corrected chi connectivity index (χ2v) is 7.82. The molecule has 148 valence electrons. The molecule has 0 aliphatic carbocycles. The van der Waals surface area contributed by atoms with Crippen molar-refractivity contribution in [1.29, 1.82) is 5.26 Å². The first-order chi connectivity index (χ1) is 15.2. The van der Waals surface area contributed by atoms with E-state index >= 15 is 0 Å². The zero-order chi connectivity index (χ0) is 21.2. The maximum absolute atomic E-state index is 9.17. The van der Waals surface area contributed by atoms with Crippen LogP contribution in [0.2, 0.25) is 0 Å². The third-order valence-electron chi connectivity index (χ3n) is 4.78. The molecule has 0 saturated carbocycles. The minimum absolute atomic E-state index is 0.556. The van der Waals surface area contributed by atoms with E-state index in [1.807, 2.05) is 54.6 Å². The molecule has 0 radical (unpaired) electrons. The van der Waals surface area contributed by atoms with E-state index in [2.05, 4.69) is 42.2 Å². The summed E-state index contributed by atoms with van der Waals surface area (Å²) in [6.07, 6.45) is 4.02. The first kappa shape index (κ1) is 19.0. The smallest absolute Gasteiger partial charge is 0.177 e. The topological polar surface area (TPSA) is 92.6 Å². The van der Waals surface area contributed by atoms with Crippen molar-refractivity contribution in [2.45, 2.75) is 6.42 Å². The molecular weight excluding hydrogens is 454 g/mol. The van der Waals surface area contributed by atoms with Crippen LogP contribution in [0.4, 0.5) is 0 Å². The highest BCUT2D eigenvalue weighted by molar-refractivity contribution is 9.10. The van der Waals surface area contributed by atoms with Gasteiger partial charge in [-0.2, -0.15) is 14.9 Å². The van der Waals surface area contributed by atoms with Crippen molar-refractivity contribution < 1.29 is 0 Å². The van der Waals surface area contributed by atoms with Gasteiger partial charge in [0, 0.05) is 29.9 Å². The summed E-state index contributed by atoms with van der Waals surface area (Å²) >= 11 is 3.36. The van der Waals surface area contributed by atoms with Crippen molar-refractivity contribution in [3.8, 4) is 28.7 Å². The summed E-state index contributed by atoms with van der Waals surface area (Å²) in [5.74, 6) is 1.39. The van der Waals surface area contributed by atoms with Crippen LogP contribution in [0.15, 0.2) is 77.5 Å². The molecule has 0 spiro atoms. The Kier molecular flexibility index (Phi) is 4.94. The Balaban J connectivity index is 1.49. The molecule has 5 aromatic rings. The molecule has 8 heteroatoms. The number of nitrogens with zero attached hydrogens (tertiary/aromatic N) is 7. The van der Waals surface area contributed by atoms with Gasteiger partial charge < -0.3 is 0 Å². The molecule has 0 aliphatic rings. The highest BCUT2D eigenvalue weighted by atomic mass is 79.9. The van der Waals surface area contributed by atoms with E-state index in [4.69, 9.17) is 10.4 Å². The number of benzene rings is 2. The molecule has 0 bridgehead atoms. The predicted molar refractivity (Wildman–Crippen MR) is 119 cm³/mol. The Hall–Kier alpha value is -3.96. The van der Waals surface area contributed by atoms with Gasteiger partial charge in [0.05, 0.1) is 21.8 Å². The molecule has 7 nitrogen and oxygen atoms in total. The van der Waals surface area contributed by atoms with Crippen LogP contribution in [0, 0.1) is 11.3 Å². The summed E-state index contributed by atoms with van der Waals surface area (Å²) in [5.41, 5.74) is 4.87. The van der Waals surface area contributed by atoms with E-state index in [0.29, 0.717) is 23.5 Å². The Morgan fingerprint density at radius 3 is 2.55 bits per heavy atom. The minimum atomic E-state index is 0.556. The number of halogens is 1. The van der Waals surface area contributed by atoms with E-state index in [1.165, 1.54) is 0 Å². The zero-order valence-electron chi connectivity index (χ0n) is 16.1. The quantitative estimate of drug-likeness (QED) is 0.387. The maximum Gasteiger partial charge on any atom is 0.177 e. The van der Waals surface area contributed by atoms with Gasteiger partial charge in [-0.05, 0) is 51.8 Å². The first-order valence-corrected chi connectivity index (χ1v) is 10.3. The molecule has 31 heavy (non-hydrogen) atoms. The second kappa shape index (κ2) is 8.05. The fourth-order valence-corrected chi connectivity index (χ4v) is 3.51. The summed E-state index contributed by atoms with van der Waals surface area (Å²) < 4.78 is 2.58. The van der Waals surface area contributed by atoms with Gasteiger partial charge in [-0.3, -0.25) is 0 Å². The standard InChI is InChI=1S/C23H14BrN7/c24-19-13-26-23(27-14-19)18-6-1-3-15(9-18)11-22-29-28-21-8-7-20(30-31(21)22)17-5-2-4-16(10-17)12-25/h1-10,13-14H,11H2. The van der Waals surface area contributed by atoms with Gasteiger partial charge in [-0.25, -0.2) is 9.97 Å². The molecule has 0 saturated heterocycles. The molecule has 0 atom stereocenters. The average Bonchev–Trinajstić information content (AvgIpc) is 3.21. The Morgan fingerprint density at radius 1 is 0.903 bits per heavy atom. The van der Waals surface area contributed by atoms with Gasteiger partial charge in [0.15, 0.2) is 17.3 Å². The number of aromatic nitrogens is 6. The van der Waals surface area contributed by atoms with Crippen molar-refractivity contribution in [3.63, 3.8) is 0 Å². The van der Waals surface area contributed by atoms with Crippen molar-refractivity contribution in [3.05, 3.63) is 94.5 Å². The van der Waals surface area contributed by atoms with E-state index in [9.17, 15) is 0 Å². The lowest BCUT2D eigenvalue weighted by molar-refractivity contribution is 0.841. The summed E-state index contributed by atoms with van der Waals surface area (Å²) in [6.45, 7) is 0. The van der Waals surface area contributed by atoms with Crippen molar-refractivity contribution in [2.75, 3.05) is 0 Å². The third-order valence-corrected chi connectivity index (χ3v) is 5.19. The number of nitriles is 1. The van der Waals surface area contributed by atoms with E-state index < -0.39 is 0 Å². The summed E-state index contributed by atoms with van der Waals surface area (Å²) in [6, 6.07) is 21.3. The molecular formula is C23H14BrN7. The van der Waals surface area contributed by atoms with Gasteiger partial charge in [0.25, 0.3) is 0 Å². The minimum Gasteiger partial charge on any atom is -0.235 e. The van der Waals surface area contributed by atoms with Crippen molar-refractivity contribution in [1.82, 2.24) is 29.8 Å². The highest BCUT2D eigenvalue weighted by Gasteiger charge is 2.11. The molecule has 0 fully saturated rings. The first-order valence-electron chi connectivity index (χ1n) is 9.48. The summed E-state index contributed by atoms with van der Waals surface area (Å²) in [5, 5.41) is 22.5. The number of hydrogen-bond donors (Lipinski definition) is 0. The monoisotopic (exact) mass is 467 g/mol. The van der Waals surface area contributed by atoms with Crippen molar-refractivity contribution >= 4 is 21.6 Å². The fraction of sp³-hybridized carbons (Fsp3) is 0.0435.